The van der Waals surface area contributed by atoms with E-state index in [2.05, 4.69) is 31.1 Å². The lowest BCUT2D eigenvalue weighted by atomic mass is 10.1. The fraction of sp³-hybridized carbons (Fsp3) is 0.769. The number of nitrogens with one attached hydrogen (secondary N) is 1. The van der Waals surface area contributed by atoms with Gasteiger partial charge in [-0.05, 0) is 39.7 Å². The Balaban J connectivity index is 2.64. The maximum absolute atomic E-state index is 5.13. The summed E-state index contributed by atoms with van der Waals surface area (Å²) in [6.07, 6.45) is 3.38. The van der Waals surface area contributed by atoms with Gasteiger partial charge in [-0.1, -0.05) is 6.92 Å². The molecule has 17 heavy (non-hydrogen) atoms. The van der Waals surface area contributed by atoms with Crippen LogP contribution in [-0.4, -0.2) is 25.2 Å². The molecule has 1 aromatic heterocycles. The third-order valence-electron chi connectivity index (χ3n) is 2.74. The largest absolute Gasteiger partial charge is 0.385 e. The normalized spacial score (nSPS) is 12.9. The van der Waals surface area contributed by atoms with Gasteiger partial charge in [0.1, 0.15) is 0 Å². The molecule has 1 atom stereocenters. The number of aryl methyl sites for hydroxylation is 2. The lowest BCUT2D eigenvalue weighted by Gasteiger charge is -2.17. The highest BCUT2D eigenvalue weighted by Gasteiger charge is 2.16. The second-order valence-corrected chi connectivity index (χ2v) is 5.56. The van der Waals surface area contributed by atoms with E-state index in [0.717, 1.165) is 37.4 Å². The molecule has 1 heterocycles. The summed E-state index contributed by atoms with van der Waals surface area (Å²) in [7, 11) is 1.76. The number of hydrogen-bond donors (Lipinski definition) is 1. The van der Waals surface area contributed by atoms with E-state index in [0.29, 0.717) is 6.04 Å². The smallest absolute Gasteiger partial charge is 0.0900 e. The zero-order valence-electron chi connectivity index (χ0n) is 11.4. The summed E-state index contributed by atoms with van der Waals surface area (Å²) in [4.78, 5) is 5.91. The van der Waals surface area contributed by atoms with Gasteiger partial charge in [0.05, 0.1) is 10.7 Å². The summed E-state index contributed by atoms with van der Waals surface area (Å²) in [5.41, 5.74) is 1.18. The number of thiazole rings is 1. The standard InChI is InChI=1S/C13H24N2OS/c1-5-8-14-12(7-6-9-16-4)13-10(2)15-11(3)17-13/h12,14H,5-9H2,1-4H3. The summed E-state index contributed by atoms with van der Waals surface area (Å²) in [6.45, 7) is 8.28. The summed E-state index contributed by atoms with van der Waals surface area (Å²) in [5.74, 6) is 0. The van der Waals surface area contributed by atoms with Crippen molar-refractivity contribution in [2.75, 3.05) is 20.3 Å². The molecular weight excluding hydrogens is 232 g/mol. The predicted octanol–water partition coefficient (Wildman–Crippen LogP) is 3.23. The molecule has 0 aliphatic carbocycles. The first-order valence-corrected chi connectivity index (χ1v) is 7.17. The van der Waals surface area contributed by atoms with Crippen molar-refractivity contribution in [3.63, 3.8) is 0 Å². The Hall–Kier alpha value is -0.450. The molecule has 0 fully saturated rings. The molecule has 1 aromatic rings. The predicted molar refractivity (Wildman–Crippen MR) is 73.7 cm³/mol. The summed E-state index contributed by atoms with van der Waals surface area (Å²) < 4.78 is 5.13. The van der Waals surface area contributed by atoms with Gasteiger partial charge in [0.25, 0.3) is 0 Å². The lowest BCUT2D eigenvalue weighted by molar-refractivity contribution is 0.189. The fourth-order valence-corrected chi connectivity index (χ4v) is 2.98. The highest BCUT2D eigenvalue weighted by molar-refractivity contribution is 7.11. The van der Waals surface area contributed by atoms with Crippen molar-refractivity contribution in [2.45, 2.75) is 46.1 Å². The molecule has 0 bridgehead atoms. The summed E-state index contributed by atoms with van der Waals surface area (Å²) in [6, 6.07) is 0.441. The Kier molecular flexibility index (Phi) is 6.70. The number of hydrogen-bond acceptors (Lipinski definition) is 4. The van der Waals surface area contributed by atoms with Crippen molar-refractivity contribution in [1.29, 1.82) is 0 Å². The van der Waals surface area contributed by atoms with E-state index >= 15 is 0 Å². The molecule has 0 spiro atoms. The molecule has 0 saturated heterocycles. The van der Waals surface area contributed by atoms with E-state index in [1.807, 2.05) is 11.3 Å². The molecule has 3 nitrogen and oxygen atoms in total. The van der Waals surface area contributed by atoms with Crippen molar-refractivity contribution >= 4 is 11.3 Å². The van der Waals surface area contributed by atoms with E-state index in [1.54, 1.807) is 7.11 Å². The molecule has 0 saturated carbocycles. The number of nitrogens with zero attached hydrogens (tertiary/aromatic N) is 1. The first-order chi connectivity index (χ1) is 8.19. The monoisotopic (exact) mass is 256 g/mol. The zero-order chi connectivity index (χ0) is 12.7. The third-order valence-corrected chi connectivity index (χ3v) is 3.92. The van der Waals surface area contributed by atoms with Gasteiger partial charge in [0.15, 0.2) is 0 Å². The zero-order valence-corrected chi connectivity index (χ0v) is 12.2. The maximum Gasteiger partial charge on any atom is 0.0900 e. The van der Waals surface area contributed by atoms with Crippen LogP contribution < -0.4 is 5.32 Å². The molecule has 1 unspecified atom stereocenters. The van der Waals surface area contributed by atoms with Crippen LogP contribution in [0.4, 0.5) is 0 Å². The van der Waals surface area contributed by atoms with Crippen molar-refractivity contribution in [2.24, 2.45) is 0 Å². The maximum atomic E-state index is 5.13. The summed E-state index contributed by atoms with van der Waals surface area (Å²) in [5, 5.41) is 4.77. The average molecular weight is 256 g/mol. The van der Waals surface area contributed by atoms with E-state index in [-0.39, 0.29) is 0 Å². The Morgan fingerprint density at radius 3 is 2.71 bits per heavy atom. The van der Waals surface area contributed by atoms with Crippen LogP contribution in [0.3, 0.4) is 0 Å². The Morgan fingerprint density at radius 1 is 1.41 bits per heavy atom. The van der Waals surface area contributed by atoms with Crippen molar-refractivity contribution in [3.05, 3.63) is 15.6 Å². The van der Waals surface area contributed by atoms with Crippen LogP contribution >= 0.6 is 11.3 Å². The average Bonchev–Trinajstić information content (AvgIpc) is 2.63. The van der Waals surface area contributed by atoms with Crippen LogP contribution in [0.15, 0.2) is 0 Å². The first kappa shape index (κ1) is 14.6. The van der Waals surface area contributed by atoms with Crippen molar-refractivity contribution in [3.8, 4) is 0 Å². The van der Waals surface area contributed by atoms with E-state index in [9.17, 15) is 0 Å². The molecule has 4 heteroatoms. The molecule has 0 aromatic carbocycles. The minimum Gasteiger partial charge on any atom is -0.385 e. The minimum absolute atomic E-state index is 0.441. The molecular formula is C13H24N2OS. The van der Waals surface area contributed by atoms with Crippen LogP contribution in [0.5, 0.6) is 0 Å². The van der Waals surface area contributed by atoms with E-state index in [4.69, 9.17) is 4.74 Å². The van der Waals surface area contributed by atoms with Crippen LogP contribution in [0.25, 0.3) is 0 Å². The first-order valence-electron chi connectivity index (χ1n) is 6.35. The summed E-state index contributed by atoms with van der Waals surface area (Å²) >= 11 is 1.82. The minimum atomic E-state index is 0.441. The van der Waals surface area contributed by atoms with Gasteiger partial charge in [-0.15, -0.1) is 11.3 Å². The quantitative estimate of drug-likeness (QED) is 0.725. The van der Waals surface area contributed by atoms with Crippen LogP contribution in [0.1, 0.15) is 47.8 Å². The molecule has 0 amide bonds. The fourth-order valence-electron chi connectivity index (χ4n) is 1.95. The van der Waals surface area contributed by atoms with Gasteiger partial charge < -0.3 is 10.1 Å². The molecule has 1 rings (SSSR count). The van der Waals surface area contributed by atoms with Gasteiger partial charge in [0.2, 0.25) is 0 Å². The third kappa shape index (κ3) is 4.74. The second-order valence-electron chi connectivity index (χ2n) is 4.32. The van der Waals surface area contributed by atoms with Crippen molar-refractivity contribution < 1.29 is 4.74 Å². The lowest BCUT2D eigenvalue weighted by Crippen LogP contribution is -2.22. The van der Waals surface area contributed by atoms with Gasteiger partial charge in [-0.25, -0.2) is 4.98 Å². The topological polar surface area (TPSA) is 34.1 Å². The number of ether oxygens (including phenoxy) is 1. The number of rotatable bonds is 8. The van der Waals surface area contributed by atoms with Gasteiger partial charge >= 0.3 is 0 Å². The Labute approximate surface area is 109 Å². The van der Waals surface area contributed by atoms with Gasteiger partial charge in [0, 0.05) is 24.6 Å². The van der Waals surface area contributed by atoms with Crippen LogP contribution in [0.2, 0.25) is 0 Å². The number of aromatic nitrogens is 1. The van der Waals surface area contributed by atoms with E-state index < -0.39 is 0 Å². The molecule has 1 N–H and O–H groups in total. The Bertz CT molecular complexity index is 325. The van der Waals surface area contributed by atoms with Gasteiger partial charge in [-0.3, -0.25) is 0 Å². The van der Waals surface area contributed by atoms with Crippen molar-refractivity contribution in [1.82, 2.24) is 10.3 Å². The number of methoxy groups -OCH3 is 1. The highest BCUT2D eigenvalue weighted by Crippen LogP contribution is 2.27. The second kappa shape index (κ2) is 7.80. The van der Waals surface area contributed by atoms with E-state index in [1.165, 1.54) is 10.6 Å². The molecule has 0 radical (unpaired) electrons. The molecule has 0 aliphatic rings. The molecule has 98 valence electrons. The van der Waals surface area contributed by atoms with Gasteiger partial charge in [-0.2, -0.15) is 0 Å². The van der Waals surface area contributed by atoms with Crippen LogP contribution in [0, 0.1) is 13.8 Å². The molecule has 0 aliphatic heterocycles. The van der Waals surface area contributed by atoms with Crippen LogP contribution in [-0.2, 0) is 4.74 Å². The Morgan fingerprint density at radius 2 is 2.18 bits per heavy atom. The SMILES string of the molecule is CCCNC(CCCOC)c1sc(C)nc1C. The highest BCUT2D eigenvalue weighted by atomic mass is 32.1.